The molecule has 12 heteroatoms. The predicted molar refractivity (Wildman–Crippen MR) is 131 cm³/mol. The van der Waals surface area contributed by atoms with Crippen LogP contribution in [0.3, 0.4) is 0 Å². The maximum Gasteiger partial charge on any atom is 0.416 e. The third-order valence-electron chi connectivity index (χ3n) is 7.46. The molecule has 3 atom stereocenters. The molecule has 0 unspecified atom stereocenters. The Labute approximate surface area is 211 Å². The average molecular weight is 515 g/mol. The number of piperazine rings is 1. The average Bonchev–Trinajstić information content (AvgIpc) is 3.62. The molecule has 2 aliphatic rings. The van der Waals surface area contributed by atoms with Crippen molar-refractivity contribution in [3.8, 4) is 0 Å². The minimum absolute atomic E-state index is 0.107. The van der Waals surface area contributed by atoms with Crippen molar-refractivity contribution in [3.05, 3.63) is 48.0 Å². The Morgan fingerprint density at radius 3 is 2.59 bits per heavy atom. The summed E-state index contributed by atoms with van der Waals surface area (Å²) >= 11 is 0. The number of aromatic nitrogens is 6. The summed E-state index contributed by atoms with van der Waals surface area (Å²) < 4.78 is 48.6. The van der Waals surface area contributed by atoms with Gasteiger partial charge in [-0.25, -0.2) is 9.38 Å². The number of hydrogen-bond acceptors (Lipinski definition) is 7. The Hall–Kier alpha value is -3.25. The summed E-state index contributed by atoms with van der Waals surface area (Å²) in [5, 5.41) is 8.31. The van der Waals surface area contributed by atoms with E-state index < -0.39 is 11.7 Å². The molecule has 4 aromatic rings. The highest BCUT2D eigenvalue weighted by molar-refractivity contribution is 5.86. The van der Waals surface area contributed by atoms with E-state index in [0.717, 1.165) is 60.7 Å². The van der Waals surface area contributed by atoms with Crippen LogP contribution in [0.1, 0.15) is 37.8 Å². The Balaban J connectivity index is 1.26. The molecule has 2 saturated heterocycles. The monoisotopic (exact) mass is 514 g/mol. The van der Waals surface area contributed by atoms with Crippen molar-refractivity contribution in [2.75, 3.05) is 24.6 Å². The van der Waals surface area contributed by atoms with Crippen molar-refractivity contribution < 1.29 is 17.9 Å². The van der Waals surface area contributed by atoms with Gasteiger partial charge in [0.15, 0.2) is 11.5 Å². The van der Waals surface area contributed by atoms with E-state index >= 15 is 0 Å². The van der Waals surface area contributed by atoms with Gasteiger partial charge in [0.25, 0.3) is 5.78 Å². The first-order valence-corrected chi connectivity index (χ1v) is 12.6. The Kier molecular flexibility index (Phi) is 6.03. The second-order valence-electron chi connectivity index (χ2n) is 10.1. The number of fused-ring (bicyclic) bond motifs is 3. The second kappa shape index (κ2) is 9.25. The van der Waals surface area contributed by atoms with Gasteiger partial charge in [0, 0.05) is 38.3 Å². The molecule has 0 aliphatic carbocycles. The lowest BCUT2D eigenvalue weighted by Crippen LogP contribution is -2.56. The van der Waals surface area contributed by atoms with E-state index in [4.69, 9.17) is 14.7 Å². The summed E-state index contributed by atoms with van der Waals surface area (Å²) in [5.41, 5.74) is 1.92. The summed E-state index contributed by atoms with van der Waals surface area (Å²) in [6.07, 6.45) is 1.43. The Morgan fingerprint density at radius 1 is 1.05 bits per heavy atom. The molecule has 1 aromatic carbocycles. The highest BCUT2D eigenvalue weighted by atomic mass is 19.4. The molecule has 37 heavy (non-hydrogen) atoms. The van der Waals surface area contributed by atoms with E-state index in [1.165, 1.54) is 0 Å². The third-order valence-corrected chi connectivity index (χ3v) is 7.46. The van der Waals surface area contributed by atoms with Gasteiger partial charge in [-0.2, -0.15) is 18.2 Å². The number of halogens is 3. The van der Waals surface area contributed by atoms with Gasteiger partial charge < -0.3 is 14.2 Å². The fraction of sp³-hybridized carbons (Fsp3) is 0.520. The van der Waals surface area contributed by atoms with E-state index in [1.807, 2.05) is 10.7 Å². The van der Waals surface area contributed by atoms with Gasteiger partial charge in [-0.1, -0.05) is 12.1 Å². The number of alkyl halides is 3. The van der Waals surface area contributed by atoms with E-state index in [9.17, 15) is 13.2 Å². The maximum absolute atomic E-state index is 12.9. The molecule has 0 spiro atoms. The zero-order valence-corrected chi connectivity index (χ0v) is 20.8. The molecule has 2 aliphatic heterocycles. The first-order valence-electron chi connectivity index (χ1n) is 12.6. The van der Waals surface area contributed by atoms with Crippen LogP contribution in [0.15, 0.2) is 36.9 Å². The molecule has 0 amide bonds. The Bertz CT molecular complexity index is 1390. The number of rotatable bonds is 5. The van der Waals surface area contributed by atoms with Gasteiger partial charge in [-0.15, -0.1) is 10.2 Å². The normalized spacial score (nSPS) is 23.5. The third kappa shape index (κ3) is 4.52. The van der Waals surface area contributed by atoms with Crippen LogP contribution in [-0.4, -0.2) is 71.9 Å². The fourth-order valence-corrected chi connectivity index (χ4v) is 5.48. The van der Waals surface area contributed by atoms with Gasteiger partial charge in [0.1, 0.15) is 11.8 Å². The largest absolute Gasteiger partial charge is 0.416 e. The van der Waals surface area contributed by atoms with E-state index in [2.05, 4.69) is 38.4 Å². The standard InChI is InChI=1S/C25H29F3N8O/c1-16-11-35(17(2)10-33(16)12-18-5-7-19(8-6-18)25(26,27)28)22-21-23(36-15-30-32-24(36)31-22)34(14-29-21)13-20-4-3-9-37-20/h5-8,14-17,20H,3-4,9-13H2,1-2H3/t16-,17+,20+/m1/s1. The lowest BCUT2D eigenvalue weighted by atomic mass is 10.1. The minimum atomic E-state index is -4.33. The first-order chi connectivity index (χ1) is 17.8. The van der Waals surface area contributed by atoms with Crippen LogP contribution >= 0.6 is 0 Å². The smallest absolute Gasteiger partial charge is 0.376 e. The number of anilines is 1. The summed E-state index contributed by atoms with van der Waals surface area (Å²) in [4.78, 5) is 14.2. The lowest BCUT2D eigenvalue weighted by molar-refractivity contribution is -0.137. The number of nitrogens with zero attached hydrogens (tertiary/aromatic N) is 8. The van der Waals surface area contributed by atoms with Crippen LogP contribution in [0, 0.1) is 0 Å². The van der Waals surface area contributed by atoms with Crippen molar-refractivity contribution >= 4 is 22.8 Å². The number of ether oxygens (including phenoxy) is 1. The molecule has 3 aromatic heterocycles. The van der Waals surface area contributed by atoms with Crippen LogP contribution in [-0.2, 0) is 24.0 Å². The van der Waals surface area contributed by atoms with Crippen LogP contribution < -0.4 is 4.90 Å². The highest BCUT2D eigenvalue weighted by Gasteiger charge is 2.33. The van der Waals surface area contributed by atoms with Crippen LogP contribution in [0.5, 0.6) is 0 Å². The quantitative estimate of drug-likeness (QED) is 0.401. The summed E-state index contributed by atoms with van der Waals surface area (Å²) in [7, 11) is 0. The lowest BCUT2D eigenvalue weighted by Gasteiger charge is -2.44. The summed E-state index contributed by atoms with van der Waals surface area (Å²) in [5.74, 6) is 1.29. The molecule has 196 valence electrons. The molecule has 0 radical (unpaired) electrons. The molecule has 0 N–H and O–H groups in total. The zero-order chi connectivity index (χ0) is 25.7. The summed E-state index contributed by atoms with van der Waals surface area (Å²) in [6, 6.07) is 5.70. The van der Waals surface area contributed by atoms with Crippen molar-refractivity contribution in [1.82, 2.24) is 34.0 Å². The molecule has 9 nitrogen and oxygen atoms in total. The van der Waals surface area contributed by atoms with Crippen molar-refractivity contribution in [2.45, 2.75) is 64.1 Å². The molecule has 0 saturated carbocycles. The molecule has 5 heterocycles. The van der Waals surface area contributed by atoms with Gasteiger partial charge >= 0.3 is 6.18 Å². The second-order valence-corrected chi connectivity index (χ2v) is 10.1. The van der Waals surface area contributed by atoms with Gasteiger partial charge in [-0.3, -0.25) is 4.90 Å². The van der Waals surface area contributed by atoms with E-state index in [0.29, 0.717) is 25.4 Å². The molecular weight excluding hydrogens is 485 g/mol. The molecular formula is C25H29F3N8O. The van der Waals surface area contributed by atoms with Gasteiger partial charge in [0.2, 0.25) is 0 Å². The maximum atomic E-state index is 12.9. The van der Waals surface area contributed by atoms with E-state index in [-0.39, 0.29) is 18.2 Å². The van der Waals surface area contributed by atoms with Crippen molar-refractivity contribution in [2.24, 2.45) is 0 Å². The van der Waals surface area contributed by atoms with Crippen LogP contribution in [0.2, 0.25) is 0 Å². The van der Waals surface area contributed by atoms with Crippen molar-refractivity contribution in [1.29, 1.82) is 0 Å². The SMILES string of the molecule is C[C@@H]1CN(c2nc3nncn3c3c2ncn3C[C@@H]2CCCO2)[C@@H](C)CN1Cc1ccc(C(F)(F)F)cc1. The predicted octanol–water partition coefficient (Wildman–Crippen LogP) is 3.77. The van der Waals surface area contributed by atoms with Crippen LogP contribution in [0.4, 0.5) is 19.0 Å². The highest BCUT2D eigenvalue weighted by Crippen LogP contribution is 2.32. The van der Waals surface area contributed by atoms with Crippen LogP contribution in [0.25, 0.3) is 16.9 Å². The van der Waals surface area contributed by atoms with Gasteiger partial charge in [0.05, 0.1) is 24.5 Å². The van der Waals surface area contributed by atoms with Crippen molar-refractivity contribution in [3.63, 3.8) is 0 Å². The Morgan fingerprint density at radius 2 is 1.86 bits per heavy atom. The number of imidazole rings is 1. The number of hydrogen-bond donors (Lipinski definition) is 0. The molecule has 6 rings (SSSR count). The first kappa shape index (κ1) is 24.1. The molecule has 2 fully saturated rings. The zero-order valence-electron chi connectivity index (χ0n) is 20.8. The van der Waals surface area contributed by atoms with E-state index in [1.54, 1.807) is 18.5 Å². The summed E-state index contributed by atoms with van der Waals surface area (Å²) in [6.45, 7) is 7.78. The topological polar surface area (TPSA) is 76.6 Å². The minimum Gasteiger partial charge on any atom is -0.376 e. The molecule has 0 bridgehead atoms. The number of benzene rings is 1. The fourth-order valence-electron chi connectivity index (χ4n) is 5.48. The van der Waals surface area contributed by atoms with Gasteiger partial charge in [-0.05, 0) is 44.4 Å².